The Bertz CT molecular complexity index is 590. The SMILES string of the molecule is COc1cccc2c(=O)n(CC(C)N)cnc12. The molecule has 2 aromatic rings. The lowest BCUT2D eigenvalue weighted by Crippen LogP contribution is -2.30. The standard InChI is InChI=1S/C12H15N3O2/c1-8(13)6-15-7-14-11-9(12(15)16)4-3-5-10(11)17-2/h3-5,7-8H,6,13H2,1-2H3. The van der Waals surface area contributed by atoms with E-state index in [1.54, 1.807) is 25.3 Å². The molecule has 0 aliphatic rings. The molecule has 0 fully saturated rings. The van der Waals surface area contributed by atoms with Crippen molar-refractivity contribution in [3.63, 3.8) is 0 Å². The number of ether oxygens (including phenoxy) is 1. The van der Waals surface area contributed by atoms with E-state index in [1.165, 1.54) is 10.9 Å². The zero-order chi connectivity index (χ0) is 12.4. The molecule has 5 nitrogen and oxygen atoms in total. The van der Waals surface area contributed by atoms with Crippen LogP contribution in [0.4, 0.5) is 0 Å². The van der Waals surface area contributed by atoms with Crippen molar-refractivity contribution in [1.29, 1.82) is 0 Å². The third-order valence-corrected chi connectivity index (χ3v) is 2.52. The van der Waals surface area contributed by atoms with Crippen molar-refractivity contribution in [3.8, 4) is 5.75 Å². The Morgan fingerprint density at radius 1 is 1.53 bits per heavy atom. The van der Waals surface area contributed by atoms with Gasteiger partial charge in [-0.05, 0) is 19.1 Å². The van der Waals surface area contributed by atoms with Gasteiger partial charge < -0.3 is 10.5 Å². The molecule has 2 rings (SSSR count). The van der Waals surface area contributed by atoms with Crippen molar-refractivity contribution >= 4 is 10.9 Å². The van der Waals surface area contributed by atoms with Crippen LogP contribution in [0.15, 0.2) is 29.3 Å². The lowest BCUT2D eigenvalue weighted by Gasteiger charge is -2.10. The summed E-state index contributed by atoms with van der Waals surface area (Å²) in [7, 11) is 1.56. The summed E-state index contributed by atoms with van der Waals surface area (Å²) in [4.78, 5) is 16.4. The summed E-state index contributed by atoms with van der Waals surface area (Å²) < 4.78 is 6.69. The smallest absolute Gasteiger partial charge is 0.261 e. The number of fused-ring (bicyclic) bond motifs is 1. The van der Waals surface area contributed by atoms with Crippen molar-refractivity contribution in [3.05, 3.63) is 34.9 Å². The number of methoxy groups -OCH3 is 1. The molecule has 0 saturated heterocycles. The maximum absolute atomic E-state index is 12.1. The number of nitrogens with two attached hydrogens (primary N) is 1. The quantitative estimate of drug-likeness (QED) is 0.849. The van der Waals surface area contributed by atoms with E-state index in [0.717, 1.165) is 0 Å². The van der Waals surface area contributed by atoms with Crippen LogP contribution in [-0.4, -0.2) is 22.7 Å². The van der Waals surface area contributed by atoms with Gasteiger partial charge in [-0.15, -0.1) is 0 Å². The minimum Gasteiger partial charge on any atom is -0.494 e. The first-order valence-electron chi connectivity index (χ1n) is 5.41. The van der Waals surface area contributed by atoms with Gasteiger partial charge in [0.05, 0.1) is 18.8 Å². The second-order valence-electron chi connectivity index (χ2n) is 4.04. The first-order valence-corrected chi connectivity index (χ1v) is 5.41. The van der Waals surface area contributed by atoms with Gasteiger partial charge in [0, 0.05) is 12.6 Å². The van der Waals surface area contributed by atoms with Crippen LogP contribution in [0.5, 0.6) is 5.75 Å². The molecule has 90 valence electrons. The zero-order valence-corrected chi connectivity index (χ0v) is 9.88. The summed E-state index contributed by atoms with van der Waals surface area (Å²) in [5.74, 6) is 0.604. The van der Waals surface area contributed by atoms with Crippen LogP contribution in [0.1, 0.15) is 6.92 Å². The lowest BCUT2D eigenvalue weighted by molar-refractivity contribution is 0.418. The Kier molecular flexibility index (Phi) is 3.10. The molecule has 0 amide bonds. The first kappa shape index (κ1) is 11.6. The molecule has 0 aliphatic heterocycles. The molecule has 0 aliphatic carbocycles. The summed E-state index contributed by atoms with van der Waals surface area (Å²) in [5.41, 5.74) is 6.17. The van der Waals surface area contributed by atoms with Crippen molar-refractivity contribution in [1.82, 2.24) is 9.55 Å². The van der Waals surface area contributed by atoms with Gasteiger partial charge in [0.15, 0.2) is 0 Å². The monoisotopic (exact) mass is 233 g/mol. The van der Waals surface area contributed by atoms with Gasteiger partial charge in [0.2, 0.25) is 0 Å². The highest BCUT2D eigenvalue weighted by molar-refractivity contribution is 5.83. The summed E-state index contributed by atoms with van der Waals surface area (Å²) in [5, 5.41) is 0.549. The second-order valence-corrected chi connectivity index (χ2v) is 4.04. The molecular formula is C12H15N3O2. The molecular weight excluding hydrogens is 218 g/mol. The van der Waals surface area contributed by atoms with Crippen molar-refractivity contribution in [2.45, 2.75) is 19.5 Å². The van der Waals surface area contributed by atoms with Crippen LogP contribution in [0.25, 0.3) is 10.9 Å². The predicted molar refractivity (Wildman–Crippen MR) is 66.2 cm³/mol. The van der Waals surface area contributed by atoms with Crippen LogP contribution in [0.3, 0.4) is 0 Å². The largest absolute Gasteiger partial charge is 0.494 e. The minimum atomic E-state index is -0.0915. The summed E-state index contributed by atoms with van der Waals surface area (Å²) in [6.07, 6.45) is 1.51. The third kappa shape index (κ3) is 2.14. The normalized spacial score (nSPS) is 12.6. The molecule has 1 aromatic heterocycles. The van der Waals surface area contributed by atoms with E-state index in [1.807, 2.05) is 6.92 Å². The summed E-state index contributed by atoms with van der Waals surface area (Å²) in [6.45, 7) is 2.31. The number of para-hydroxylation sites is 1. The number of hydrogen-bond donors (Lipinski definition) is 1. The van der Waals surface area contributed by atoms with E-state index in [4.69, 9.17) is 10.5 Å². The number of hydrogen-bond acceptors (Lipinski definition) is 4. The highest BCUT2D eigenvalue weighted by Crippen LogP contribution is 2.19. The molecule has 1 atom stereocenters. The van der Waals surface area contributed by atoms with Crippen molar-refractivity contribution in [2.75, 3.05) is 7.11 Å². The Labute approximate surface area is 98.8 Å². The molecule has 0 saturated carbocycles. The minimum absolute atomic E-state index is 0.0856. The molecule has 1 unspecified atom stereocenters. The summed E-state index contributed by atoms with van der Waals surface area (Å²) >= 11 is 0. The average Bonchev–Trinajstić information content (AvgIpc) is 2.31. The van der Waals surface area contributed by atoms with E-state index >= 15 is 0 Å². The number of rotatable bonds is 3. The number of benzene rings is 1. The molecule has 2 N–H and O–H groups in total. The van der Waals surface area contributed by atoms with Gasteiger partial charge in [-0.2, -0.15) is 0 Å². The lowest BCUT2D eigenvalue weighted by atomic mass is 10.2. The first-order chi connectivity index (χ1) is 8.13. The van der Waals surface area contributed by atoms with Gasteiger partial charge in [0.25, 0.3) is 5.56 Å². The van der Waals surface area contributed by atoms with Crippen molar-refractivity contribution < 1.29 is 4.74 Å². The van der Waals surface area contributed by atoms with Crippen LogP contribution < -0.4 is 16.0 Å². The van der Waals surface area contributed by atoms with Gasteiger partial charge in [-0.1, -0.05) is 6.07 Å². The highest BCUT2D eigenvalue weighted by atomic mass is 16.5. The second kappa shape index (κ2) is 4.55. The fraction of sp³-hybridized carbons (Fsp3) is 0.333. The molecule has 0 radical (unpaired) electrons. The Balaban J connectivity index is 2.64. The van der Waals surface area contributed by atoms with E-state index in [2.05, 4.69) is 4.98 Å². The predicted octanol–water partition coefficient (Wildman–Crippen LogP) is 0.752. The van der Waals surface area contributed by atoms with Gasteiger partial charge >= 0.3 is 0 Å². The van der Waals surface area contributed by atoms with Crippen LogP contribution in [0.2, 0.25) is 0 Å². The van der Waals surface area contributed by atoms with Gasteiger partial charge in [-0.25, -0.2) is 4.98 Å². The number of nitrogens with zero attached hydrogens (tertiary/aromatic N) is 2. The molecule has 1 aromatic carbocycles. The Morgan fingerprint density at radius 3 is 2.94 bits per heavy atom. The number of aromatic nitrogens is 2. The zero-order valence-electron chi connectivity index (χ0n) is 9.88. The van der Waals surface area contributed by atoms with E-state index in [-0.39, 0.29) is 11.6 Å². The third-order valence-electron chi connectivity index (χ3n) is 2.52. The van der Waals surface area contributed by atoms with Gasteiger partial charge in [-0.3, -0.25) is 9.36 Å². The Morgan fingerprint density at radius 2 is 2.29 bits per heavy atom. The topological polar surface area (TPSA) is 70.1 Å². The van der Waals surface area contributed by atoms with Crippen LogP contribution >= 0.6 is 0 Å². The van der Waals surface area contributed by atoms with E-state index < -0.39 is 0 Å². The van der Waals surface area contributed by atoms with Crippen molar-refractivity contribution in [2.24, 2.45) is 5.73 Å². The van der Waals surface area contributed by atoms with E-state index in [0.29, 0.717) is 23.2 Å². The summed E-state index contributed by atoms with van der Waals surface area (Å²) in [6, 6.07) is 5.22. The molecule has 0 bridgehead atoms. The molecule has 1 heterocycles. The Hall–Kier alpha value is -1.88. The van der Waals surface area contributed by atoms with Gasteiger partial charge in [0.1, 0.15) is 11.3 Å². The fourth-order valence-corrected chi connectivity index (χ4v) is 1.77. The fourth-order valence-electron chi connectivity index (χ4n) is 1.77. The average molecular weight is 233 g/mol. The molecule has 5 heteroatoms. The van der Waals surface area contributed by atoms with Crippen LogP contribution in [-0.2, 0) is 6.54 Å². The van der Waals surface area contributed by atoms with E-state index in [9.17, 15) is 4.79 Å². The van der Waals surface area contributed by atoms with Crippen LogP contribution in [0, 0.1) is 0 Å². The molecule has 0 spiro atoms. The maximum atomic E-state index is 12.1. The molecule has 17 heavy (non-hydrogen) atoms. The maximum Gasteiger partial charge on any atom is 0.261 e. The highest BCUT2D eigenvalue weighted by Gasteiger charge is 2.08.